The third-order valence-corrected chi connectivity index (χ3v) is 8.27. The number of para-hydroxylation sites is 1. The second-order valence-electron chi connectivity index (χ2n) is 8.68. The van der Waals surface area contributed by atoms with Crippen LogP contribution in [-0.2, 0) is 21.3 Å². The molecule has 9 nitrogen and oxygen atoms in total. The van der Waals surface area contributed by atoms with Crippen molar-refractivity contribution in [1.82, 2.24) is 14.1 Å². The van der Waals surface area contributed by atoms with Crippen LogP contribution in [0.25, 0.3) is 0 Å². The van der Waals surface area contributed by atoms with Crippen molar-refractivity contribution in [2.24, 2.45) is 0 Å². The summed E-state index contributed by atoms with van der Waals surface area (Å²) in [4.78, 5) is 30.0. The number of carbonyl (C=O) groups is 2. The van der Waals surface area contributed by atoms with Crippen LogP contribution in [0.1, 0.15) is 33.2 Å². The standard InChI is InChI=1S/C25H32N4O5S/c1-2-35(32,33)29-12-10-27(11-13-29)19-20-6-5-7-21(18-20)24(30)26-23-9-4-3-8-22(23)25(31)28-14-16-34-17-15-28/h3-9,18H,2,10-17,19H2,1H3,(H,26,30). The van der Waals surface area contributed by atoms with E-state index < -0.39 is 10.0 Å². The molecule has 0 spiro atoms. The zero-order chi connectivity index (χ0) is 24.8. The Hall–Kier alpha value is -2.79. The maximum Gasteiger partial charge on any atom is 0.256 e. The Labute approximate surface area is 206 Å². The quantitative estimate of drug-likeness (QED) is 0.623. The van der Waals surface area contributed by atoms with E-state index in [1.165, 1.54) is 0 Å². The minimum Gasteiger partial charge on any atom is -0.378 e. The molecular weight excluding hydrogens is 468 g/mol. The van der Waals surface area contributed by atoms with Gasteiger partial charge >= 0.3 is 0 Å². The van der Waals surface area contributed by atoms with Gasteiger partial charge in [0.2, 0.25) is 10.0 Å². The highest BCUT2D eigenvalue weighted by molar-refractivity contribution is 7.89. The molecule has 188 valence electrons. The van der Waals surface area contributed by atoms with Gasteiger partial charge in [-0.25, -0.2) is 8.42 Å². The van der Waals surface area contributed by atoms with E-state index in [1.54, 1.807) is 46.5 Å². The van der Waals surface area contributed by atoms with Gasteiger partial charge in [0.15, 0.2) is 0 Å². The molecule has 2 aliphatic rings. The molecule has 2 saturated heterocycles. The van der Waals surface area contributed by atoms with Crippen molar-refractivity contribution < 1.29 is 22.7 Å². The Morgan fingerprint density at radius 3 is 2.37 bits per heavy atom. The lowest BCUT2D eigenvalue weighted by atomic mass is 10.1. The van der Waals surface area contributed by atoms with Gasteiger partial charge in [0, 0.05) is 51.4 Å². The molecule has 2 amide bonds. The molecule has 0 saturated carbocycles. The van der Waals surface area contributed by atoms with Gasteiger partial charge in [-0.2, -0.15) is 4.31 Å². The van der Waals surface area contributed by atoms with E-state index >= 15 is 0 Å². The SMILES string of the molecule is CCS(=O)(=O)N1CCN(Cc2cccc(C(=O)Nc3ccccc3C(=O)N3CCOCC3)c2)CC1. The first-order valence-electron chi connectivity index (χ1n) is 11.9. The van der Waals surface area contributed by atoms with Crippen LogP contribution in [0.3, 0.4) is 0 Å². The zero-order valence-electron chi connectivity index (χ0n) is 20.0. The van der Waals surface area contributed by atoms with Crippen molar-refractivity contribution in [2.45, 2.75) is 13.5 Å². The fraction of sp³-hybridized carbons (Fsp3) is 0.440. The topological polar surface area (TPSA) is 99.3 Å². The van der Waals surface area contributed by atoms with Crippen LogP contribution in [0.5, 0.6) is 0 Å². The molecule has 0 atom stereocenters. The van der Waals surface area contributed by atoms with Crippen LogP contribution in [0.2, 0.25) is 0 Å². The van der Waals surface area contributed by atoms with Crippen molar-refractivity contribution in [3.8, 4) is 0 Å². The number of carbonyl (C=O) groups excluding carboxylic acids is 2. The number of nitrogens with one attached hydrogen (secondary N) is 1. The molecule has 2 fully saturated rings. The highest BCUT2D eigenvalue weighted by Crippen LogP contribution is 2.20. The number of morpholine rings is 1. The molecular formula is C25H32N4O5S. The average molecular weight is 501 g/mol. The van der Waals surface area contributed by atoms with Gasteiger partial charge in [-0.05, 0) is 36.8 Å². The highest BCUT2D eigenvalue weighted by atomic mass is 32.2. The molecule has 0 unspecified atom stereocenters. The maximum absolute atomic E-state index is 13.1. The number of hydrogen-bond acceptors (Lipinski definition) is 6. The maximum atomic E-state index is 13.1. The lowest BCUT2D eigenvalue weighted by Crippen LogP contribution is -2.48. The molecule has 0 bridgehead atoms. The second kappa shape index (κ2) is 11.3. The van der Waals surface area contributed by atoms with Gasteiger partial charge in [0.25, 0.3) is 11.8 Å². The predicted octanol–water partition coefficient (Wildman–Crippen LogP) is 1.88. The number of hydrogen-bond donors (Lipinski definition) is 1. The lowest BCUT2D eigenvalue weighted by Gasteiger charge is -2.33. The van der Waals surface area contributed by atoms with Crippen molar-refractivity contribution in [3.63, 3.8) is 0 Å². The van der Waals surface area contributed by atoms with Crippen LogP contribution >= 0.6 is 0 Å². The smallest absolute Gasteiger partial charge is 0.256 e. The summed E-state index contributed by atoms with van der Waals surface area (Å²) in [7, 11) is -3.16. The monoisotopic (exact) mass is 500 g/mol. The summed E-state index contributed by atoms with van der Waals surface area (Å²) < 4.78 is 31.0. The van der Waals surface area contributed by atoms with Crippen LogP contribution in [-0.4, -0.2) is 92.6 Å². The second-order valence-corrected chi connectivity index (χ2v) is 10.9. The molecule has 0 aromatic heterocycles. The van der Waals surface area contributed by atoms with Crippen molar-refractivity contribution in [2.75, 3.05) is 63.6 Å². The molecule has 4 rings (SSSR count). The Balaban J connectivity index is 1.40. The molecule has 0 aliphatic carbocycles. The van der Waals surface area contributed by atoms with E-state index in [2.05, 4.69) is 10.2 Å². The number of piperazine rings is 1. The number of anilines is 1. The van der Waals surface area contributed by atoms with Gasteiger partial charge in [-0.3, -0.25) is 14.5 Å². The van der Waals surface area contributed by atoms with Crippen LogP contribution < -0.4 is 5.32 Å². The number of rotatable bonds is 7. The van der Waals surface area contributed by atoms with Crippen molar-refractivity contribution >= 4 is 27.5 Å². The summed E-state index contributed by atoms with van der Waals surface area (Å²) in [6.07, 6.45) is 0. The predicted molar refractivity (Wildman–Crippen MR) is 134 cm³/mol. The highest BCUT2D eigenvalue weighted by Gasteiger charge is 2.26. The van der Waals surface area contributed by atoms with Gasteiger partial charge in [-0.1, -0.05) is 24.3 Å². The molecule has 2 aliphatic heterocycles. The fourth-order valence-corrected chi connectivity index (χ4v) is 5.41. The molecule has 2 aromatic carbocycles. The van der Waals surface area contributed by atoms with Gasteiger partial charge in [-0.15, -0.1) is 0 Å². The van der Waals surface area contributed by atoms with E-state index in [4.69, 9.17) is 4.74 Å². The molecule has 2 heterocycles. The van der Waals surface area contributed by atoms with Crippen molar-refractivity contribution in [3.05, 3.63) is 65.2 Å². The normalized spacial score (nSPS) is 17.8. The largest absolute Gasteiger partial charge is 0.378 e. The minimum absolute atomic E-state index is 0.116. The Kier molecular flexibility index (Phi) is 8.17. The van der Waals surface area contributed by atoms with E-state index in [9.17, 15) is 18.0 Å². The summed E-state index contributed by atoms with van der Waals surface area (Å²) in [5.74, 6) is -0.291. The van der Waals surface area contributed by atoms with Gasteiger partial charge in [0.1, 0.15) is 0 Å². The first-order valence-corrected chi connectivity index (χ1v) is 13.5. The lowest BCUT2D eigenvalue weighted by molar-refractivity contribution is 0.0303. The Morgan fingerprint density at radius 2 is 1.66 bits per heavy atom. The van der Waals surface area contributed by atoms with Crippen LogP contribution in [0, 0.1) is 0 Å². The molecule has 35 heavy (non-hydrogen) atoms. The van der Waals surface area contributed by atoms with E-state index in [-0.39, 0.29) is 17.6 Å². The zero-order valence-corrected chi connectivity index (χ0v) is 20.8. The Bertz CT molecular complexity index is 1160. The third kappa shape index (κ3) is 6.26. The summed E-state index contributed by atoms with van der Waals surface area (Å²) in [6.45, 7) is 6.62. The Morgan fingerprint density at radius 1 is 0.943 bits per heavy atom. The first kappa shape index (κ1) is 25.3. The average Bonchev–Trinajstić information content (AvgIpc) is 2.89. The molecule has 0 radical (unpaired) electrons. The number of ether oxygens (including phenoxy) is 1. The van der Waals surface area contributed by atoms with Gasteiger partial charge < -0.3 is 15.0 Å². The van der Waals surface area contributed by atoms with Crippen LogP contribution in [0.15, 0.2) is 48.5 Å². The summed E-state index contributed by atoms with van der Waals surface area (Å²) >= 11 is 0. The number of benzene rings is 2. The van der Waals surface area contributed by atoms with Crippen molar-refractivity contribution in [1.29, 1.82) is 0 Å². The molecule has 10 heteroatoms. The number of nitrogens with zero attached hydrogens (tertiary/aromatic N) is 3. The third-order valence-electron chi connectivity index (χ3n) is 6.39. The summed E-state index contributed by atoms with van der Waals surface area (Å²) in [6, 6.07) is 14.4. The summed E-state index contributed by atoms with van der Waals surface area (Å²) in [5.41, 5.74) is 2.41. The van der Waals surface area contributed by atoms with Crippen LogP contribution in [0.4, 0.5) is 5.69 Å². The van der Waals surface area contributed by atoms with E-state index in [1.807, 2.05) is 18.2 Å². The minimum atomic E-state index is -3.16. The number of amides is 2. The van der Waals surface area contributed by atoms with Gasteiger partial charge in [0.05, 0.1) is 30.2 Å². The summed E-state index contributed by atoms with van der Waals surface area (Å²) in [5, 5.41) is 2.90. The fourth-order valence-electron chi connectivity index (χ4n) is 4.33. The molecule has 1 N–H and O–H groups in total. The van der Waals surface area contributed by atoms with E-state index in [0.29, 0.717) is 75.8 Å². The van der Waals surface area contributed by atoms with E-state index in [0.717, 1.165) is 5.56 Å². The number of sulfonamides is 1. The first-order chi connectivity index (χ1) is 16.9. The molecule has 2 aromatic rings.